The van der Waals surface area contributed by atoms with Crippen LogP contribution in [0.1, 0.15) is 11.1 Å². The molecule has 1 N–H and O–H groups in total. The minimum atomic E-state index is -0.849. The standard InChI is InChI=1S/C14H16N2O6/c1-8-5-10(12(16(19)20)6-9(8)2)15-11(14(18)22-4)7-13(17)21-3/h5-7,15H,1-4H3/b11-7+. The Morgan fingerprint density at radius 2 is 1.77 bits per heavy atom. The van der Waals surface area contributed by atoms with E-state index in [1.165, 1.54) is 12.1 Å². The molecule has 0 aromatic heterocycles. The molecule has 0 unspecified atom stereocenters. The molecule has 0 atom stereocenters. The van der Waals surface area contributed by atoms with Crippen LogP contribution in [0.25, 0.3) is 0 Å². The molecule has 8 heteroatoms. The first-order valence-electron chi connectivity index (χ1n) is 6.20. The molecule has 0 bridgehead atoms. The number of hydrogen-bond acceptors (Lipinski definition) is 7. The second-order valence-corrected chi connectivity index (χ2v) is 4.41. The molecule has 1 aromatic carbocycles. The van der Waals surface area contributed by atoms with Crippen molar-refractivity contribution in [3.05, 3.63) is 45.1 Å². The zero-order chi connectivity index (χ0) is 16.9. The Hall–Kier alpha value is -2.90. The number of aryl methyl sites for hydroxylation is 2. The van der Waals surface area contributed by atoms with Gasteiger partial charge in [-0.3, -0.25) is 10.1 Å². The number of nitrogens with one attached hydrogen (secondary N) is 1. The molecule has 0 saturated carbocycles. The SMILES string of the molecule is COC(=O)/C=C(/Nc1cc(C)c(C)cc1[N+](=O)[O-])C(=O)OC. The highest BCUT2D eigenvalue weighted by Gasteiger charge is 2.20. The second-order valence-electron chi connectivity index (χ2n) is 4.41. The molecular weight excluding hydrogens is 292 g/mol. The minimum Gasteiger partial charge on any atom is -0.466 e. The van der Waals surface area contributed by atoms with Gasteiger partial charge < -0.3 is 14.8 Å². The number of carbonyl (C=O) groups is 2. The topological polar surface area (TPSA) is 108 Å². The maximum absolute atomic E-state index is 11.7. The third-order valence-electron chi connectivity index (χ3n) is 2.95. The van der Waals surface area contributed by atoms with E-state index in [0.29, 0.717) is 0 Å². The van der Waals surface area contributed by atoms with E-state index < -0.39 is 16.9 Å². The van der Waals surface area contributed by atoms with Gasteiger partial charge in [-0.1, -0.05) is 0 Å². The fourth-order valence-electron chi connectivity index (χ4n) is 1.63. The number of methoxy groups -OCH3 is 2. The summed E-state index contributed by atoms with van der Waals surface area (Å²) in [6.45, 7) is 3.50. The third-order valence-corrected chi connectivity index (χ3v) is 2.95. The lowest BCUT2D eigenvalue weighted by Gasteiger charge is -2.11. The molecular formula is C14H16N2O6. The third kappa shape index (κ3) is 4.05. The Labute approximate surface area is 126 Å². The van der Waals surface area contributed by atoms with Crippen LogP contribution in [0.15, 0.2) is 23.9 Å². The van der Waals surface area contributed by atoms with Crippen molar-refractivity contribution in [1.82, 2.24) is 0 Å². The summed E-state index contributed by atoms with van der Waals surface area (Å²) in [5, 5.41) is 13.7. The van der Waals surface area contributed by atoms with Crippen LogP contribution in [0.3, 0.4) is 0 Å². The van der Waals surface area contributed by atoms with Crippen molar-refractivity contribution in [2.75, 3.05) is 19.5 Å². The van der Waals surface area contributed by atoms with E-state index in [1.807, 2.05) is 0 Å². The van der Waals surface area contributed by atoms with E-state index in [1.54, 1.807) is 13.8 Å². The van der Waals surface area contributed by atoms with Gasteiger partial charge in [0.15, 0.2) is 0 Å². The fraction of sp³-hybridized carbons (Fsp3) is 0.286. The molecule has 22 heavy (non-hydrogen) atoms. The van der Waals surface area contributed by atoms with Gasteiger partial charge in [-0.25, -0.2) is 9.59 Å². The van der Waals surface area contributed by atoms with Crippen molar-refractivity contribution in [2.24, 2.45) is 0 Å². The number of nitro groups is 1. The lowest BCUT2D eigenvalue weighted by molar-refractivity contribution is -0.384. The quantitative estimate of drug-likeness (QED) is 0.383. The summed E-state index contributed by atoms with van der Waals surface area (Å²) in [7, 11) is 2.27. The number of hydrogen-bond donors (Lipinski definition) is 1. The highest BCUT2D eigenvalue weighted by Crippen LogP contribution is 2.29. The van der Waals surface area contributed by atoms with E-state index in [4.69, 9.17) is 0 Å². The van der Waals surface area contributed by atoms with Gasteiger partial charge >= 0.3 is 11.9 Å². The van der Waals surface area contributed by atoms with Gasteiger partial charge in [-0.2, -0.15) is 0 Å². The predicted molar refractivity (Wildman–Crippen MR) is 78.3 cm³/mol. The number of carbonyl (C=O) groups excluding carboxylic acids is 2. The summed E-state index contributed by atoms with van der Waals surface area (Å²) in [6, 6.07) is 2.90. The van der Waals surface area contributed by atoms with Gasteiger partial charge in [-0.15, -0.1) is 0 Å². The molecule has 0 spiro atoms. The number of anilines is 1. The largest absolute Gasteiger partial charge is 0.466 e. The Morgan fingerprint density at radius 3 is 2.27 bits per heavy atom. The molecule has 8 nitrogen and oxygen atoms in total. The molecule has 0 aliphatic rings. The van der Waals surface area contributed by atoms with E-state index in [2.05, 4.69) is 14.8 Å². The normalized spacial score (nSPS) is 10.8. The van der Waals surface area contributed by atoms with Gasteiger partial charge in [0.1, 0.15) is 11.4 Å². The van der Waals surface area contributed by atoms with Crippen LogP contribution < -0.4 is 5.32 Å². The van der Waals surface area contributed by atoms with E-state index in [-0.39, 0.29) is 17.1 Å². The van der Waals surface area contributed by atoms with Gasteiger partial charge in [-0.05, 0) is 31.0 Å². The minimum absolute atomic E-state index is 0.0775. The van der Waals surface area contributed by atoms with Gasteiger partial charge in [0, 0.05) is 6.07 Å². The summed E-state index contributed by atoms with van der Waals surface area (Å²) in [6.07, 6.45) is 0.866. The van der Waals surface area contributed by atoms with Crippen molar-refractivity contribution in [3.63, 3.8) is 0 Å². The van der Waals surface area contributed by atoms with Gasteiger partial charge in [0.2, 0.25) is 0 Å². The van der Waals surface area contributed by atoms with Crippen LogP contribution in [-0.2, 0) is 19.1 Å². The van der Waals surface area contributed by atoms with Crippen LogP contribution in [0.5, 0.6) is 0 Å². The summed E-state index contributed by atoms with van der Waals surface area (Å²) in [5.41, 5.74) is 1.11. The Balaban J connectivity index is 3.32. The van der Waals surface area contributed by atoms with Crippen LogP contribution in [0.2, 0.25) is 0 Å². The van der Waals surface area contributed by atoms with Crippen molar-refractivity contribution >= 4 is 23.3 Å². The molecule has 0 aliphatic heterocycles. The number of nitro benzene ring substituents is 1. The molecule has 0 fully saturated rings. The summed E-state index contributed by atoms with van der Waals surface area (Å²) >= 11 is 0. The average molecular weight is 308 g/mol. The number of esters is 2. The zero-order valence-electron chi connectivity index (χ0n) is 12.6. The van der Waals surface area contributed by atoms with E-state index in [0.717, 1.165) is 31.4 Å². The van der Waals surface area contributed by atoms with Crippen molar-refractivity contribution in [1.29, 1.82) is 0 Å². The van der Waals surface area contributed by atoms with Gasteiger partial charge in [0.25, 0.3) is 5.69 Å². The second kappa shape index (κ2) is 7.21. The first-order valence-corrected chi connectivity index (χ1v) is 6.20. The monoisotopic (exact) mass is 308 g/mol. The zero-order valence-corrected chi connectivity index (χ0v) is 12.6. The van der Waals surface area contributed by atoms with Crippen molar-refractivity contribution in [2.45, 2.75) is 13.8 Å². The number of rotatable bonds is 5. The summed E-state index contributed by atoms with van der Waals surface area (Å²) in [4.78, 5) is 33.5. The van der Waals surface area contributed by atoms with E-state index in [9.17, 15) is 19.7 Å². The lowest BCUT2D eigenvalue weighted by Crippen LogP contribution is -2.16. The van der Waals surface area contributed by atoms with E-state index >= 15 is 0 Å². The Morgan fingerprint density at radius 1 is 1.18 bits per heavy atom. The molecule has 0 radical (unpaired) electrons. The fourth-order valence-corrected chi connectivity index (χ4v) is 1.63. The molecule has 1 rings (SSSR count). The maximum Gasteiger partial charge on any atom is 0.354 e. The molecule has 118 valence electrons. The average Bonchev–Trinajstić information content (AvgIpc) is 2.48. The predicted octanol–water partition coefficient (Wildman–Crippen LogP) is 1.85. The van der Waals surface area contributed by atoms with Crippen LogP contribution in [0.4, 0.5) is 11.4 Å². The molecule has 0 aliphatic carbocycles. The summed E-state index contributed by atoms with van der Waals surface area (Å²) < 4.78 is 8.97. The maximum atomic E-state index is 11.7. The Kier molecular flexibility index (Phi) is 5.62. The van der Waals surface area contributed by atoms with Crippen molar-refractivity contribution in [3.8, 4) is 0 Å². The molecule has 0 heterocycles. The summed E-state index contributed by atoms with van der Waals surface area (Å²) in [5.74, 6) is -1.64. The van der Waals surface area contributed by atoms with Crippen molar-refractivity contribution < 1.29 is 24.0 Å². The molecule has 0 amide bonds. The van der Waals surface area contributed by atoms with Crippen LogP contribution in [0, 0.1) is 24.0 Å². The highest BCUT2D eigenvalue weighted by atomic mass is 16.6. The first-order chi connectivity index (χ1) is 10.3. The Bertz CT molecular complexity index is 651. The van der Waals surface area contributed by atoms with Crippen LogP contribution in [-0.4, -0.2) is 31.1 Å². The number of benzene rings is 1. The smallest absolute Gasteiger partial charge is 0.354 e. The lowest BCUT2D eigenvalue weighted by atomic mass is 10.1. The molecule has 0 saturated heterocycles. The highest BCUT2D eigenvalue weighted by molar-refractivity contribution is 5.99. The number of nitrogens with zero attached hydrogens (tertiary/aromatic N) is 1. The van der Waals surface area contributed by atoms with Crippen LogP contribution >= 0.6 is 0 Å². The first kappa shape index (κ1) is 17.2. The van der Waals surface area contributed by atoms with Gasteiger partial charge in [0.05, 0.1) is 25.2 Å². The number of ether oxygens (including phenoxy) is 2. The molecule has 1 aromatic rings.